The van der Waals surface area contributed by atoms with Crippen LogP contribution in [0.1, 0.15) is 24.2 Å². The molecule has 116 valence electrons. The van der Waals surface area contributed by atoms with Gasteiger partial charge in [-0.2, -0.15) is 8.78 Å². The number of carbonyl (C=O) groups is 2. The molecule has 1 rings (SSSR count). The third-order valence-electron chi connectivity index (χ3n) is 2.60. The average Bonchev–Trinajstić information content (AvgIpc) is 2.25. The first-order chi connectivity index (χ1) is 9.40. The van der Waals surface area contributed by atoms with Gasteiger partial charge >= 0.3 is 17.9 Å². The molecule has 2 N–H and O–H groups in total. The predicted octanol–water partition coefficient (Wildman–Crippen LogP) is 3.26. The fraction of sp³-hybridized carbons (Fsp3) is 0.333. The SMILES string of the molecule is CC(C)(OC(=O)c1c(I)cc(O)cc1I)C(F)(F)C(=O)O. The van der Waals surface area contributed by atoms with Gasteiger partial charge in [-0.05, 0) is 71.2 Å². The van der Waals surface area contributed by atoms with Crippen LogP contribution in [0.4, 0.5) is 8.78 Å². The van der Waals surface area contributed by atoms with Crippen molar-refractivity contribution < 1.29 is 33.3 Å². The number of rotatable bonds is 4. The van der Waals surface area contributed by atoms with Crippen LogP contribution in [0.5, 0.6) is 5.75 Å². The zero-order valence-electron chi connectivity index (χ0n) is 10.8. The summed E-state index contributed by atoms with van der Waals surface area (Å²) in [5.41, 5.74) is -2.54. The molecule has 0 aromatic heterocycles. The molecule has 0 aliphatic heterocycles. The van der Waals surface area contributed by atoms with E-state index < -0.39 is 23.5 Å². The lowest BCUT2D eigenvalue weighted by molar-refractivity contribution is -0.200. The Morgan fingerprint density at radius 2 is 1.62 bits per heavy atom. The first-order valence-corrected chi connectivity index (χ1v) is 7.58. The molecule has 0 unspecified atom stereocenters. The van der Waals surface area contributed by atoms with E-state index in [9.17, 15) is 23.5 Å². The van der Waals surface area contributed by atoms with E-state index >= 15 is 0 Å². The van der Waals surface area contributed by atoms with Crippen LogP contribution in [0.25, 0.3) is 0 Å². The highest BCUT2D eigenvalue weighted by atomic mass is 127. The zero-order valence-corrected chi connectivity index (χ0v) is 15.1. The Bertz CT molecular complexity index is 578. The third kappa shape index (κ3) is 3.73. The van der Waals surface area contributed by atoms with Gasteiger partial charge in [0, 0.05) is 7.14 Å². The van der Waals surface area contributed by atoms with E-state index in [0.29, 0.717) is 7.14 Å². The minimum absolute atomic E-state index is 0.0109. The molecule has 0 heterocycles. The van der Waals surface area contributed by atoms with E-state index in [-0.39, 0.29) is 11.3 Å². The van der Waals surface area contributed by atoms with Crippen molar-refractivity contribution in [3.8, 4) is 5.75 Å². The Labute approximate surface area is 146 Å². The molecule has 0 radical (unpaired) electrons. The van der Waals surface area contributed by atoms with E-state index in [4.69, 9.17) is 9.84 Å². The summed E-state index contributed by atoms with van der Waals surface area (Å²) in [6.45, 7) is 1.64. The molecule has 5 nitrogen and oxygen atoms in total. The first kappa shape index (κ1) is 18.3. The number of esters is 1. The largest absolute Gasteiger partial charge is 0.508 e. The third-order valence-corrected chi connectivity index (χ3v) is 4.31. The van der Waals surface area contributed by atoms with E-state index in [1.807, 2.05) is 0 Å². The van der Waals surface area contributed by atoms with Crippen molar-refractivity contribution in [1.82, 2.24) is 0 Å². The topological polar surface area (TPSA) is 83.8 Å². The highest BCUT2D eigenvalue weighted by molar-refractivity contribution is 14.1. The number of phenols is 1. The van der Waals surface area contributed by atoms with Gasteiger partial charge in [-0.1, -0.05) is 0 Å². The number of hydrogen-bond donors (Lipinski definition) is 2. The quantitative estimate of drug-likeness (QED) is 0.466. The van der Waals surface area contributed by atoms with E-state index in [2.05, 4.69) is 0 Å². The molecule has 0 aliphatic rings. The van der Waals surface area contributed by atoms with Crippen molar-refractivity contribution in [2.24, 2.45) is 0 Å². The Hall–Kier alpha value is -0.720. The molecular weight excluding hydrogens is 516 g/mol. The second-order valence-corrected chi connectivity index (χ2v) is 6.89. The van der Waals surface area contributed by atoms with Crippen molar-refractivity contribution in [3.05, 3.63) is 24.8 Å². The number of carbonyl (C=O) groups excluding carboxylic acids is 1. The molecule has 0 amide bonds. The molecule has 1 aromatic rings. The lowest BCUT2D eigenvalue weighted by Gasteiger charge is -2.30. The van der Waals surface area contributed by atoms with Crippen LogP contribution in [0.3, 0.4) is 0 Å². The summed E-state index contributed by atoms with van der Waals surface area (Å²) >= 11 is 3.49. The number of alkyl halides is 2. The Morgan fingerprint density at radius 3 is 2.00 bits per heavy atom. The zero-order chi connectivity index (χ0) is 16.6. The van der Waals surface area contributed by atoms with Gasteiger partial charge in [0.15, 0.2) is 5.60 Å². The smallest absolute Gasteiger partial charge is 0.380 e. The standard InChI is InChI=1S/C12H10F2I2O5/c1-11(2,12(13,14)10(19)20)21-9(18)8-6(15)3-5(17)4-7(8)16/h3-4,17H,1-2H3,(H,19,20). The Morgan fingerprint density at radius 1 is 1.19 bits per heavy atom. The Balaban J connectivity index is 3.15. The summed E-state index contributed by atoms with van der Waals surface area (Å²) in [5.74, 6) is -7.79. The minimum atomic E-state index is -4.24. The summed E-state index contributed by atoms with van der Waals surface area (Å²) in [4.78, 5) is 22.6. The van der Waals surface area contributed by atoms with E-state index in [0.717, 1.165) is 13.8 Å². The first-order valence-electron chi connectivity index (χ1n) is 5.42. The van der Waals surface area contributed by atoms with Crippen LogP contribution in [0.15, 0.2) is 12.1 Å². The van der Waals surface area contributed by atoms with Crippen LogP contribution < -0.4 is 0 Å². The monoisotopic (exact) mass is 526 g/mol. The van der Waals surface area contributed by atoms with Crippen LogP contribution >= 0.6 is 45.2 Å². The normalized spacial score (nSPS) is 12.1. The average molecular weight is 526 g/mol. The number of ether oxygens (including phenoxy) is 1. The number of carboxylic acid groups (broad SMARTS) is 1. The highest BCUT2D eigenvalue weighted by Gasteiger charge is 2.57. The lowest BCUT2D eigenvalue weighted by Crippen LogP contribution is -2.52. The number of phenolic OH excluding ortho intramolecular Hbond substituents is 1. The molecule has 0 bridgehead atoms. The minimum Gasteiger partial charge on any atom is -0.508 e. The van der Waals surface area contributed by atoms with Gasteiger partial charge in [0.25, 0.3) is 0 Å². The van der Waals surface area contributed by atoms with Gasteiger partial charge in [0.2, 0.25) is 0 Å². The summed E-state index contributed by atoms with van der Waals surface area (Å²) in [6, 6.07) is 2.53. The van der Waals surface area contributed by atoms with E-state index in [1.54, 1.807) is 45.2 Å². The van der Waals surface area contributed by atoms with Crippen molar-refractivity contribution in [3.63, 3.8) is 0 Å². The Kier molecular flexibility index (Phi) is 5.40. The maximum Gasteiger partial charge on any atom is 0.380 e. The predicted molar refractivity (Wildman–Crippen MR) is 85.6 cm³/mol. The van der Waals surface area contributed by atoms with Crippen LogP contribution in [0, 0.1) is 7.14 Å². The number of aliphatic carboxylic acids is 1. The molecule has 0 atom stereocenters. The van der Waals surface area contributed by atoms with Gasteiger partial charge in [-0.15, -0.1) is 0 Å². The molecule has 21 heavy (non-hydrogen) atoms. The summed E-state index contributed by atoms with van der Waals surface area (Å²) in [6.07, 6.45) is 0. The molecule has 0 saturated heterocycles. The van der Waals surface area contributed by atoms with Gasteiger partial charge in [0.1, 0.15) is 5.75 Å². The number of carboxylic acids is 1. The van der Waals surface area contributed by atoms with Crippen molar-refractivity contribution >= 4 is 57.1 Å². The number of halogens is 4. The van der Waals surface area contributed by atoms with E-state index in [1.165, 1.54) is 12.1 Å². The second-order valence-electron chi connectivity index (χ2n) is 4.56. The van der Waals surface area contributed by atoms with Gasteiger partial charge in [-0.3, -0.25) is 0 Å². The number of aromatic hydroxyl groups is 1. The van der Waals surface area contributed by atoms with Gasteiger partial charge in [-0.25, -0.2) is 9.59 Å². The second kappa shape index (κ2) is 6.18. The number of benzene rings is 1. The summed E-state index contributed by atoms with van der Waals surface area (Å²) < 4.78 is 32.4. The molecular formula is C12H10F2I2O5. The molecule has 9 heteroatoms. The van der Waals surface area contributed by atoms with Crippen molar-refractivity contribution in [1.29, 1.82) is 0 Å². The van der Waals surface area contributed by atoms with Crippen LogP contribution in [0.2, 0.25) is 0 Å². The van der Waals surface area contributed by atoms with Crippen LogP contribution in [-0.2, 0) is 9.53 Å². The summed E-state index contributed by atoms with van der Waals surface area (Å²) in [7, 11) is 0. The fourth-order valence-electron chi connectivity index (χ4n) is 1.36. The molecule has 0 saturated carbocycles. The molecule has 1 aromatic carbocycles. The van der Waals surface area contributed by atoms with Crippen LogP contribution in [-0.4, -0.2) is 33.7 Å². The lowest BCUT2D eigenvalue weighted by atomic mass is 10.0. The fourth-order valence-corrected chi connectivity index (χ4v) is 3.53. The highest BCUT2D eigenvalue weighted by Crippen LogP contribution is 2.34. The van der Waals surface area contributed by atoms with Gasteiger partial charge < -0.3 is 14.9 Å². The molecule has 0 fully saturated rings. The van der Waals surface area contributed by atoms with Crippen molar-refractivity contribution in [2.75, 3.05) is 0 Å². The maximum atomic E-state index is 13.5. The number of hydrogen-bond acceptors (Lipinski definition) is 4. The summed E-state index contributed by atoms with van der Waals surface area (Å²) in [5, 5.41) is 17.9. The molecule has 0 aliphatic carbocycles. The van der Waals surface area contributed by atoms with Crippen molar-refractivity contribution in [2.45, 2.75) is 25.4 Å². The maximum absolute atomic E-state index is 13.5. The van der Waals surface area contributed by atoms with Gasteiger partial charge in [0.05, 0.1) is 5.56 Å². The molecule has 0 spiro atoms.